The molecule has 3 heteroatoms. The molecular weight excluding hydrogens is 687 g/mol. The van der Waals surface area contributed by atoms with E-state index in [4.69, 9.17) is 4.42 Å². The van der Waals surface area contributed by atoms with E-state index in [2.05, 4.69) is 205 Å². The molecule has 0 unspecified atom stereocenters. The van der Waals surface area contributed by atoms with Gasteiger partial charge in [0.15, 0.2) is 5.58 Å². The van der Waals surface area contributed by atoms with E-state index in [1.807, 2.05) is 11.3 Å². The van der Waals surface area contributed by atoms with Gasteiger partial charge in [0.1, 0.15) is 5.58 Å². The van der Waals surface area contributed by atoms with Crippen LogP contribution in [-0.4, -0.2) is 0 Å². The summed E-state index contributed by atoms with van der Waals surface area (Å²) in [5, 5.41) is 7.18. The first-order chi connectivity index (χ1) is 27.3. The van der Waals surface area contributed by atoms with Crippen molar-refractivity contribution < 1.29 is 4.42 Å². The van der Waals surface area contributed by atoms with Crippen molar-refractivity contribution in [3.05, 3.63) is 200 Å². The lowest BCUT2D eigenvalue weighted by atomic mass is 9.96. The molecule has 0 spiro atoms. The maximum atomic E-state index is 7.17. The number of hydrogen-bond donors (Lipinski definition) is 0. The van der Waals surface area contributed by atoms with E-state index in [9.17, 15) is 0 Å². The van der Waals surface area contributed by atoms with Crippen LogP contribution in [0, 0.1) is 0 Å². The minimum atomic E-state index is 0.855. The number of fused-ring (bicyclic) bond motifs is 7. The van der Waals surface area contributed by atoms with Crippen LogP contribution in [-0.2, 0) is 0 Å². The predicted octanol–water partition coefficient (Wildman–Crippen LogP) is 15.6. The number of thiophene rings is 1. The topological polar surface area (TPSA) is 16.4 Å². The third-order valence-electron chi connectivity index (χ3n) is 10.8. The molecule has 0 aliphatic heterocycles. The van der Waals surface area contributed by atoms with Crippen LogP contribution in [0.1, 0.15) is 0 Å². The number of benzene rings is 9. The highest BCUT2D eigenvalue weighted by molar-refractivity contribution is 7.25. The molecule has 11 aromatic rings. The zero-order chi connectivity index (χ0) is 36.3. The maximum Gasteiger partial charge on any atom is 0.159 e. The minimum Gasteiger partial charge on any atom is -0.453 e. The van der Waals surface area contributed by atoms with E-state index in [0.29, 0.717) is 0 Å². The molecule has 0 radical (unpaired) electrons. The van der Waals surface area contributed by atoms with Crippen molar-refractivity contribution in [3.63, 3.8) is 0 Å². The van der Waals surface area contributed by atoms with Gasteiger partial charge in [-0.05, 0) is 81.1 Å². The van der Waals surface area contributed by atoms with Gasteiger partial charge < -0.3 is 9.32 Å². The number of nitrogens with zero attached hydrogens (tertiary/aromatic N) is 1. The highest BCUT2D eigenvalue weighted by Gasteiger charge is 2.23. The highest BCUT2D eigenvalue weighted by atomic mass is 32.1. The van der Waals surface area contributed by atoms with Crippen molar-refractivity contribution in [3.8, 4) is 33.4 Å². The molecule has 0 aliphatic carbocycles. The number of rotatable bonds is 6. The molecule has 0 bridgehead atoms. The van der Waals surface area contributed by atoms with Gasteiger partial charge in [-0.25, -0.2) is 0 Å². The second-order valence-electron chi connectivity index (χ2n) is 14.1. The molecule has 2 heterocycles. The predicted molar refractivity (Wildman–Crippen MR) is 235 cm³/mol. The fraction of sp³-hybridized carbons (Fsp3) is 0. The van der Waals surface area contributed by atoms with Crippen molar-refractivity contribution in [1.29, 1.82) is 0 Å². The van der Waals surface area contributed by atoms with Gasteiger partial charge in [0.2, 0.25) is 0 Å². The Bertz CT molecular complexity index is 3150. The monoisotopic (exact) mass is 719 g/mol. The molecule has 55 heavy (non-hydrogen) atoms. The van der Waals surface area contributed by atoms with Gasteiger partial charge in [-0.3, -0.25) is 0 Å². The van der Waals surface area contributed by atoms with E-state index >= 15 is 0 Å². The van der Waals surface area contributed by atoms with E-state index < -0.39 is 0 Å². The van der Waals surface area contributed by atoms with E-state index in [1.165, 1.54) is 47.6 Å². The van der Waals surface area contributed by atoms with E-state index in [1.54, 1.807) is 0 Å². The van der Waals surface area contributed by atoms with Crippen LogP contribution in [0.2, 0.25) is 0 Å². The first-order valence-electron chi connectivity index (χ1n) is 18.7. The van der Waals surface area contributed by atoms with Gasteiger partial charge in [0.25, 0.3) is 0 Å². The van der Waals surface area contributed by atoms with Gasteiger partial charge in [0.05, 0.1) is 5.69 Å². The largest absolute Gasteiger partial charge is 0.453 e. The summed E-state index contributed by atoms with van der Waals surface area (Å²) in [6.45, 7) is 0. The van der Waals surface area contributed by atoms with Gasteiger partial charge in [-0.1, -0.05) is 158 Å². The van der Waals surface area contributed by atoms with Crippen LogP contribution in [0.15, 0.2) is 205 Å². The molecule has 0 fully saturated rings. The van der Waals surface area contributed by atoms with Crippen LogP contribution in [0.3, 0.4) is 0 Å². The Hall–Kier alpha value is -6.94. The van der Waals surface area contributed by atoms with Crippen molar-refractivity contribution in [2.24, 2.45) is 0 Å². The SMILES string of the molecule is c1ccc(-c2cc(-c3ccccc3)cc(N(c3ccc4c(c3)sc3ccccc34)c3cccc4c3oc3c(-c5cccc6ccccc56)cccc34)c2)cc1. The highest BCUT2D eigenvalue weighted by Crippen LogP contribution is 2.47. The normalized spacial score (nSPS) is 11.6. The molecule has 11 rings (SSSR count). The fourth-order valence-electron chi connectivity index (χ4n) is 8.27. The summed E-state index contributed by atoms with van der Waals surface area (Å²) in [7, 11) is 0. The Morgan fingerprint density at radius 1 is 0.345 bits per heavy atom. The summed E-state index contributed by atoms with van der Waals surface area (Å²) in [6, 6.07) is 72.1. The summed E-state index contributed by atoms with van der Waals surface area (Å²) in [5.74, 6) is 0. The number of hydrogen-bond acceptors (Lipinski definition) is 3. The van der Waals surface area contributed by atoms with Crippen molar-refractivity contribution in [2.45, 2.75) is 0 Å². The lowest BCUT2D eigenvalue weighted by Crippen LogP contribution is -2.10. The Morgan fingerprint density at radius 3 is 1.71 bits per heavy atom. The van der Waals surface area contributed by atoms with Crippen LogP contribution in [0.4, 0.5) is 17.1 Å². The Labute approximate surface area is 322 Å². The number of para-hydroxylation sites is 2. The van der Waals surface area contributed by atoms with Gasteiger partial charge in [0, 0.05) is 47.9 Å². The van der Waals surface area contributed by atoms with Crippen LogP contribution >= 0.6 is 11.3 Å². The Kier molecular flexibility index (Phi) is 7.39. The first kappa shape index (κ1) is 31.6. The minimum absolute atomic E-state index is 0.855. The first-order valence-corrected chi connectivity index (χ1v) is 19.5. The van der Waals surface area contributed by atoms with E-state index in [0.717, 1.165) is 55.7 Å². The van der Waals surface area contributed by atoms with Crippen LogP contribution in [0.25, 0.3) is 86.3 Å². The molecule has 0 N–H and O–H groups in total. The molecular formula is C52H33NOS. The van der Waals surface area contributed by atoms with Crippen molar-refractivity contribution in [2.75, 3.05) is 4.90 Å². The Morgan fingerprint density at radius 2 is 0.927 bits per heavy atom. The van der Waals surface area contributed by atoms with Crippen LogP contribution in [0.5, 0.6) is 0 Å². The average Bonchev–Trinajstić information content (AvgIpc) is 3.83. The molecule has 0 aliphatic rings. The maximum absolute atomic E-state index is 7.17. The summed E-state index contributed by atoms with van der Waals surface area (Å²) in [6.07, 6.45) is 0. The molecule has 2 nitrogen and oxygen atoms in total. The second kappa shape index (κ2) is 12.9. The average molecular weight is 720 g/mol. The van der Waals surface area contributed by atoms with Gasteiger partial charge in [-0.2, -0.15) is 0 Å². The standard InChI is InChI=1S/C52H33NOS/c1-3-14-34(15-4-1)37-30-38(35-16-5-2-6-17-35)32-40(31-37)53(39-28-29-44-43-21-9-10-27-49(43)55-50(44)33-39)48-26-13-25-47-46-24-12-23-45(51(46)54-52(47)48)42-22-11-19-36-18-7-8-20-41(36)42/h1-33H. The fourth-order valence-corrected chi connectivity index (χ4v) is 9.41. The summed E-state index contributed by atoms with van der Waals surface area (Å²) >= 11 is 1.84. The zero-order valence-electron chi connectivity index (χ0n) is 29.8. The van der Waals surface area contributed by atoms with Crippen molar-refractivity contribution in [1.82, 2.24) is 0 Å². The summed E-state index contributed by atoms with van der Waals surface area (Å²) < 4.78 is 9.71. The molecule has 0 saturated heterocycles. The van der Waals surface area contributed by atoms with Gasteiger partial charge in [-0.15, -0.1) is 11.3 Å². The molecule has 9 aromatic carbocycles. The summed E-state index contributed by atoms with van der Waals surface area (Å²) in [5.41, 5.74) is 11.8. The lowest BCUT2D eigenvalue weighted by Gasteiger charge is -2.27. The van der Waals surface area contributed by atoms with Crippen molar-refractivity contribution >= 4 is 81.3 Å². The molecule has 258 valence electrons. The number of furan rings is 1. The van der Waals surface area contributed by atoms with Gasteiger partial charge >= 0.3 is 0 Å². The molecule has 0 atom stereocenters. The third-order valence-corrected chi connectivity index (χ3v) is 12.0. The third kappa shape index (κ3) is 5.32. The molecule has 2 aromatic heterocycles. The molecule has 0 amide bonds. The van der Waals surface area contributed by atoms with Crippen LogP contribution < -0.4 is 4.90 Å². The summed E-state index contributed by atoms with van der Waals surface area (Å²) in [4.78, 5) is 2.39. The number of anilines is 3. The molecule has 0 saturated carbocycles. The quantitative estimate of drug-likeness (QED) is 0.170. The lowest BCUT2D eigenvalue weighted by molar-refractivity contribution is 0.670. The smallest absolute Gasteiger partial charge is 0.159 e. The van der Waals surface area contributed by atoms with E-state index in [-0.39, 0.29) is 0 Å². The zero-order valence-corrected chi connectivity index (χ0v) is 30.6. The second-order valence-corrected chi connectivity index (χ2v) is 15.2. The Balaban J connectivity index is 1.20.